The van der Waals surface area contributed by atoms with Gasteiger partial charge < -0.3 is 10.6 Å². The van der Waals surface area contributed by atoms with Crippen LogP contribution in [-0.2, 0) is 4.79 Å². The normalized spacial score (nSPS) is 20.2. The second-order valence-electron chi connectivity index (χ2n) is 4.74. The van der Waals surface area contributed by atoms with Crippen LogP contribution in [0.15, 0.2) is 0 Å². The lowest BCUT2D eigenvalue weighted by molar-refractivity contribution is -0.127. The summed E-state index contributed by atoms with van der Waals surface area (Å²) in [5.41, 5.74) is 0. The van der Waals surface area contributed by atoms with Crippen molar-refractivity contribution in [3.63, 3.8) is 0 Å². The SMILES string of the molecule is CCCC1NC(=O)N(CCCNC(C)C)C1=O. The molecule has 0 radical (unpaired) electrons. The minimum absolute atomic E-state index is 0.0682. The summed E-state index contributed by atoms with van der Waals surface area (Å²) in [6.07, 6.45) is 2.43. The Morgan fingerprint density at radius 2 is 2.12 bits per heavy atom. The van der Waals surface area contributed by atoms with E-state index in [0.29, 0.717) is 12.6 Å². The second-order valence-corrected chi connectivity index (χ2v) is 4.74. The van der Waals surface area contributed by atoms with Gasteiger partial charge in [0, 0.05) is 12.6 Å². The van der Waals surface area contributed by atoms with E-state index in [0.717, 1.165) is 25.8 Å². The third kappa shape index (κ3) is 4.00. The highest BCUT2D eigenvalue weighted by Gasteiger charge is 2.36. The van der Waals surface area contributed by atoms with Crippen molar-refractivity contribution in [3.8, 4) is 0 Å². The van der Waals surface area contributed by atoms with Gasteiger partial charge in [-0.05, 0) is 19.4 Å². The molecule has 2 N–H and O–H groups in total. The van der Waals surface area contributed by atoms with E-state index in [9.17, 15) is 9.59 Å². The summed E-state index contributed by atoms with van der Waals surface area (Å²) < 4.78 is 0. The van der Waals surface area contributed by atoms with Crippen molar-refractivity contribution < 1.29 is 9.59 Å². The van der Waals surface area contributed by atoms with Gasteiger partial charge in [-0.2, -0.15) is 0 Å². The molecule has 1 fully saturated rings. The topological polar surface area (TPSA) is 61.4 Å². The maximum absolute atomic E-state index is 11.9. The zero-order valence-corrected chi connectivity index (χ0v) is 11.0. The lowest BCUT2D eigenvalue weighted by Crippen LogP contribution is -2.34. The number of nitrogens with zero attached hydrogens (tertiary/aromatic N) is 1. The zero-order valence-electron chi connectivity index (χ0n) is 11.0. The van der Waals surface area contributed by atoms with E-state index in [2.05, 4.69) is 24.5 Å². The van der Waals surface area contributed by atoms with Gasteiger partial charge in [0.1, 0.15) is 6.04 Å². The van der Waals surface area contributed by atoms with E-state index in [1.807, 2.05) is 6.92 Å². The highest BCUT2D eigenvalue weighted by Crippen LogP contribution is 2.11. The molecule has 5 heteroatoms. The molecule has 1 rings (SSSR count). The monoisotopic (exact) mass is 241 g/mol. The van der Waals surface area contributed by atoms with Gasteiger partial charge in [-0.1, -0.05) is 27.2 Å². The molecule has 0 spiro atoms. The molecule has 0 bridgehead atoms. The molecule has 1 atom stereocenters. The fraction of sp³-hybridized carbons (Fsp3) is 0.833. The molecule has 17 heavy (non-hydrogen) atoms. The molecule has 5 nitrogen and oxygen atoms in total. The summed E-state index contributed by atoms with van der Waals surface area (Å²) in [5.74, 6) is -0.0682. The number of urea groups is 1. The standard InChI is InChI=1S/C12H23N3O2/c1-4-6-10-11(16)15(12(17)14-10)8-5-7-13-9(2)3/h9-10,13H,4-8H2,1-3H3,(H,14,17). The molecule has 0 saturated carbocycles. The van der Waals surface area contributed by atoms with Crippen molar-refractivity contribution in [1.82, 2.24) is 15.5 Å². The first-order valence-electron chi connectivity index (χ1n) is 6.41. The summed E-state index contributed by atoms with van der Waals surface area (Å²) in [6, 6.07) is -0.102. The van der Waals surface area contributed by atoms with E-state index in [1.54, 1.807) is 0 Å². The van der Waals surface area contributed by atoms with Gasteiger partial charge in [-0.25, -0.2) is 4.79 Å². The van der Waals surface area contributed by atoms with Gasteiger partial charge in [0.15, 0.2) is 0 Å². The number of rotatable bonds is 7. The zero-order chi connectivity index (χ0) is 12.8. The van der Waals surface area contributed by atoms with Gasteiger partial charge in [0.05, 0.1) is 0 Å². The molecule has 0 aromatic rings. The van der Waals surface area contributed by atoms with E-state index in [4.69, 9.17) is 0 Å². The van der Waals surface area contributed by atoms with E-state index in [-0.39, 0.29) is 18.0 Å². The Morgan fingerprint density at radius 3 is 2.71 bits per heavy atom. The molecule has 98 valence electrons. The summed E-state index contributed by atoms with van der Waals surface area (Å²) in [6.45, 7) is 7.49. The molecule has 1 saturated heterocycles. The number of hydrogen-bond donors (Lipinski definition) is 2. The fourth-order valence-electron chi connectivity index (χ4n) is 1.90. The molecule has 3 amide bonds. The first kappa shape index (κ1) is 14.0. The predicted octanol–water partition coefficient (Wildman–Crippen LogP) is 1.09. The Morgan fingerprint density at radius 1 is 1.41 bits per heavy atom. The van der Waals surface area contributed by atoms with Crippen molar-refractivity contribution in [1.29, 1.82) is 0 Å². The summed E-state index contributed by atoms with van der Waals surface area (Å²) >= 11 is 0. The van der Waals surface area contributed by atoms with Crippen molar-refractivity contribution in [2.45, 2.75) is 52.1 Å². The number of carbonyl (C=O) groups excluding carboxylic acids is 2. The maximum atomic E-state index is 11.9. The first-order valence-corrected chi connectivity index (χ1v) is 6.41. The first-order chi connectivity index (χ1) is 8.06. The van der Waals surface area contributed by atoms with Crippen LogP contribution in [0, 0.1) is 0 Å². The van der Waals surface area contributed by atoms with Crippen LogP contribution in [0.5, 0.6) is 0 Å². The molecular weight excluding hydrogens is 218 g/mol. The van der Waals surface area contributed by atoms with Gasteiger partial charge in [0.25, 0.3) is 5.91 Å². The number of nitrogens with one attached hydrogen (secondary N) is 2. The second kappa shape index (κ2) is 6.59. The number of carbonyl (C=O) groups is 2. The number of amides is 3. The number of hydrogen-bond acceptors (Lipinski definition) is 3. The van der Waals surface area contributed by atoms with Crippen LogP contribution in [0.2, 0.25) is 0 Å². The van der Waals surface area contributed by atoms with Crippen molar-refractivity contribution in [3.05, 3.63) is 0 Å². The lowest BCUT2D eigenvalue weighted by Gasteiger charge is -2.14. The van der Waals surface area contributed by atoms with Crippen LogP contribution in [0.4, 0.5) is 4.79 Å². The molecular formula is C12H23N3O2. The van der Waals surface area contributed by atoms with Crippen LogP contribution in [0.25, 0.3) is 0 Å². The molecule has 1 heterocycles. The Bertz CT molecular complexity index is 279. The van der Waals surface area contributed by atoms with Crippen molar-refractivity contribution >= 4 is 11.9 Å². The third-order valence-corrected chi connectivity index (χ3v) is 2.80. The van der Waals surface area contributed by atoms with E-state index < -0.39 is 0 Å². The lowest BCUT2D eigenvalue weighted by atomic mass is 10.1. The summed E-state index contributed by atoms with van der Waals surface area (Å²) in [4.78, 5) is 24.8. The maximum Gasteiger partial charge on any atom is 0.324 e. The Balaban J connectivity index is 2.33. The predicted molar refractivity (Wildman–Crippen MR) is 66.7 cm³/mol. The Kier molecular flexibility index (Phi) is 5.41. The number of imide groups is 1. The van der Waals surface area contributed by atoms with Gasteiger partial charge in [-0.15, -0.1) is 0 Å². The molecule has 0 aromatic heterocycles. The Labute approximate surface area is 103 Å². The van der Waals surface area contributed by atoms with Crippen molar-refractivity contribution in [2.75, 3.05) is 13.1 Å². The molecule has 0 aliphatic carbocycles. The van der Waals surface area contributed by atoms with Crippen LogP contribution in [-0.4, -0.2) is 42.0 Å². The molecule has 1 aliphatic rings. The molecule has 0 aromatic carbocycles. The highest BCUT2D eigenvalue weighted by atomic mass is 16.2. The van der Waals surface area contributed by atoms with Gasteiger partial charge in [0.2, 0.25) is 0 Å². The average molecular weight is 241 g/mol. The average Bonchev–Trinajstić information content (AvgIpc) is 2.51. The van der Waals surface area contributed by atoms with Gasteiger partial charge in [-0.3, -0.25) is 9.69 Å². The minimum atomic E-state index is -0.300. The largest absolute Gasteiger partial charge is 0.326 e. The Hall–Kier alpha value is -1.10. The molecule has 1 aliphatic heterocycles. The van der Waals surface area contributed by atoms with Crippen LogP contribution in [0.3, 0.4) is 0 Å². The van der Waals surface area contributed by atoms with Crippen LogP contribution in [0.1, 0.15) is 40.0 Å². The van der Waals surface area contributed by atoms with Crippen LogP contribution < -0.4 is 10.6 Å². The van der Waals surface area contributed by atoms with E-state index in [1.165, 1.54) is 4.90 Å². The van der Waals surface area contributed by atoms with E-state index >= 15 is 0 Å². The van der Waals surface area contributed by atoms with Crippen LogP contribution >= 0.6 is 0 Å². The third-order valence-electron chi connectivity index (χ3n) is 2.80. The fourth-order valence-corrected chi connectivity index (χ4v) is 1.90. The quantitative estimate of drug-likeness (QED) is 0.518. The highest BCUT2D eigenvalue weighted by molar-refractivity contribution is 6.04. The summed E-state index contributed by atoms with van der Waals surface area (Å²) in [5, 5.41) is 5.99. The van der Waals surface area contributed by atoms with Gasteiger partial charge >= 0.3 is 6.03 Å². The summed E-state index contributed by atoms with van der Waals surface area (Å²) in [7, 11) is 0. The van der Waals surface area contributed by atoms with Crippen molar-refractivity contribution in [2.24, 2.45) is 0 Å². The smallest absolute Gasteiger partial charge is 0.324 e. The minimum Gasteiger partial charge on any atom is -0.326 e. The molecule has 1 unspecified atom stereocenters.